The van der Waals surface area contributed by atoms with E-state index in [1.807, 2.05) is 0 Å². The minimum Gasteiger partial charge on any atom is -0.480 e. The number of alkyl halides is 3. The van der Waals surface area contributed by atoms with Crippen LogP contribution in [-0.4, -0.2) is 54.1 Å². The van der Waals surface area contributed by atoms with Gasteiger partial charge < -0.3 is 15.3 Å². The minimum atomic E-state index is -4.55. The molecule has 6 nitrogen and oxygen atoms in total. The van der Waals surface area contributed by atoms with Gasteiger partial charge in [0.15, 0.2) is 0 Å². The van der Waals surface area contributed by atoms with E-state index in [0.29, 0.717) is 0 Å². The summed E-state index contributed by atoms with van der Waals surface area (Å²) in [7, 11) is 1.13. The highest BCUT2D eigenvalue weighted by Gasteiger charge is 2.28. The molecule has 0 aliphatic rings. The van der Waals surface area contributed by atoms with Crippen molar-refractivity contribution in [1.29, 1.82) is 0 Å². The van der Waals surface area contributed by atoms with E-state index in [1.165, 1.54) is 5.32 Å². The largest absolute Gasteiger partial charge is 0.480 e. The van der Waals surface area contributed by atoms with Crippen molar-refractivity contribution in [3.05, 3.63) is 0 Å². The SMILES string of the molecule is CN(CC(=O)O)C(=O)CC(=O)NCC(F)(F)F. The number of carbonyl (C=O) groups excluding carboxylic acids is 2. The third-order valence-corrected chi connectivity index (χ3v) is 1.60. The molecule has 0 unspecified atom stereocenters. The molecule has 2 N–H and O–H groups in total. The summed E-state index contributed by atoms with van der Waals surface area (Å²) in [6.45, 7) is -2.15. The summed E-state index contributed by atoms with van der Waals surface area (Å²) in [6.07, 6.45) is -5.37. The number of halogens is 3. The van der Waals surface area contributed by atoms with Gasteiger partial charge in [0.1, 0.15) is 19.5 Å². The Morgan fingerprint density at radius 1 is 1.29 bits per heavy atom. The Morgan fingerprint density at radius 2 is 1.82 bits per heavy atom. The highest BCUT2D eigenvalue weighted by molar-refractivity contribution is 5.97. The number of amides is 2. The molecule has 0 aromatic heterocycles. The minimum absolute atomic E-state index is 0.620. The van der Waals surface area contributed by atoms with Gasteiger partial charge in [-0.05, 0) is 0 Å². The number of rotatable bonds is 5. The number of carboxylic acids is 1. The first-order chi connectivity index (χ1) is 7.61. The molecular formula is C8H11F3N2O4. The standard InChI is InChI=1S/C8H11F3N2O4/c1-13(3-7(16)17)6(15)2-5(14)12-4-8(9,10)11/h2-4H2,1H3,(H,12,14)(H,16,17). The smallest absolute Gasteiger partial charge is 0.405 e. The lowest BCUT2D eigenvalue weighted by molar-refractivity contribution is -0.146. The van der Waals surface area contributed by atoms with E-state index in [1.54, 1.807) is 0 Å². The summed E-state index contributed by atoms with van der Waals surface area (Å²) in [5.41, 5.74) is 0. The van der Waals surface area contributed by atoms with Crippen LogP contribution in [0.3, 0.4) is 0 Å². The van der Waals surface area contributed by atoms with Gasteiger partial charge in [-0.3, -0.25) is 14.4 Å². The van der Waals surface area contributed by atoms with E-state index in [-0.39, 0.29) is 0 Å². The van der Waals surface area contributed by atoms with Gasteiger partial charge in [0, 0.05) is 7.05 Å². The van der Waals surface area contributed by atoms with Crippen LogP contribution in [-0.2, 0) is 14.4 Å². The molecule has 0 aliphatic heterocycles. The lowest BCUT2D eigenvalue weighted by Crippen LogP contribution is -2.39. The van der Waals surface area contributed by atoms with Crippen molar-refractivity contribution >= 4 is 17.8 Å². The molecule has 0 saturated carbocycles. The molecule has 17 heavy (non-hydrogen) atoms. The summed E-state index contributed by atoms with van der Waals surface area (Å²) in [5, 5.41) is 9.84. The summed E-state index contributed by atoms with van der Waals surface area (Å²) < 4.78 is 35.1. The Balaban J connectivity index is 4.04. The zero-order valence-electron chi connectivity index (χ0n) is 8.87. The van der Waals surface area contributed by atoms with Gasteiger partial charge in [0.25, 0.3) is 0 Å². The molecular weight excluding hydrogens is 245 g/mol. The monoisotopic (exact) mass is 256 g/mol. The van der Waals surface area contributed by atoms with E-state index >= 15 is 0 Å². The number of nitrogens with zero attached hydrogens (tertiary/aromatic N) is 1. The van der Waals surface area contributed by atoms with Crippen LogP contribution in [0.4, 0.5) is 13.2 Å². The number of hydrogen-bond acceptors (Lipinski definition) is 3. The number of nitrogens with one attached hydrogen (secondary N) is 1. The van der Waals surface area contributed by atoms with E-state index in [4.69, 9.17) is 5.11 Å². The molecule has 0 spiro atoms. The van der Waals surface area contributed by atoms with Crippen LogP contribution in [0.15, 0.2) is 0 Å². The second-order valence-electron chi connectivity index (χ2n) is 3.21. The Labute approximate surface area is 94.4 Å². The Bertz CT molecular complexity index is 316. The highest BCUT2D eigenvalue weighted by atomic mass is 19.4. The van der Waals surface area contributed by atoms with E-state index in [9.17, 15) is 27.6 Å². The van der Waals surface area contributed by atoms with Crippen LogP contribution in [0.1, 0.15) is 6.42 Å². The lowest BCUT2D eigenvalue weighted by atomic mass is 10.3. The van der Waals surface area contributed by atoms with Gasteiger partial charge in [0.2, 0.25) is 11.8 Å². The van der Waals surface area contributed by atoms with Crippen molar-refractivity contribution in [3.63, 3.8) is 0 Å². The maximum atomic E-state index is 11.7. The fourth-order valence-corrected chi connectivity index (χ4v) is 0.825. The fraction of sp³-hybridized carbons (Fsp3) is 0.625. The number of carbonyl (C=O) groups is 3. The summed E-state index contributed by atoms with van der Waals surface area (Å²) >= 11 is 0. The first kappa shape index (κ1) is 15.2. The Morgan fingerprint density at radius 3 is 2.24 bits per heavy atom. The van der Waals surface area contributed by atoms with Crippen molar-refractivity contribution in [1.82, 2.24) is 10.2 Å². The number of hydrogen-bond donors (Lipinski definition) is 2. The van der Waals surface area contributed by atoms with Crippen molar-refractivity contribution < 1.29 is 32.7 Å². The summed E-state index contributed by atoms with van der Waals surface area (Å²) in [6, 6.07) is 0. The highest BCUT2D eigenvalue weighted by Crippen LogP contribution is 2.12. The first-order valence-electron chi connectivity index (χ1n) is 4.41. The quantitative estimate of drug-likeness (QED) is 0.655. The topological polar surface area (TPSA) is 86.7 Å². The molecule has 0 heterocycles. The van der Waals surface area contributed by atoms with Gasteiger partial charge >= 0.3 is 12.1 Å². The number of likely N-dealkylation sites (N-methyl/N-ethyl adjacent to an activating group) is 1. The van der Waals surface area contributed by atoms with Crippen molar-refractivity contribution in [3.8, 4) is 0 Å². The molecule has 2 amide bonds. The normalized spacial score (nSPS) is 10.8. The third kappa shape index (κ3) is 8.05. The van der Waals surface area contributed by atoms with Gasteiger partial charge in [-0.15, -0.1) is 0 Å². The lowest BCUT2D eigenvalue weighted by Gasteiger charge is -2.14. The molecule has 0 radical (unpaired) electrons. The number of aliphatic carboxylic acids is 1. The predicted molar refractivity (Wildman–Crippen MR) is 49.0 cm³/mol. The molecule has 0 fully saturated rings. The predicted octanol–water partition coefficient (Wildman–Crippen LogP) is -0.402. The fourth-order valence-electron chi connectivity index (χ4n) is 0.825. The number of carboxylic acid groups (broad SMARTS) is 1. The van der Waals surface area contributed by atoms with Crippen LogP contribution in [0.25, 0.3) is 0 Å². The summed E-state index contributed by atoms with van der Waals surface area (Å²) in [5.74, 6) is -3.26. The van der Waals surface area contributed by atoms with Crippen molar-refractivity contribution in [2.75, 3.05) is 20.1 Å². The van der Waals surface area contributed by atoms with Gasteiger partial charge in [-0.2, -0.15) is 13.2 Å². The average Bonchev–Trinajstić information content (AvgIpc) is 2.12. The molecule has 98 valence electrons. The molecule has 0 bridgehead atoms. The zero-order valence-corrected chi connectivity index (χ0v) is 8.87. The van der Waals surface area contributed by atoms with E-state index in [2.05, 4.69) is 0 Å². The average molecular weight is 256 g/mol. The molecule has 0 rings (SSSR count). The van der Waals surface area contributed by atoms with Gasteiger partial charge in [0.05, 0.1) is 0 Å². The van der Waals surface area contributed by atoms with Crippen LogP contribution in [0, 0.1) is 0 Å². The Hall–Kier alpha value is -1.80. The van der Waals surface area contributed by atoms with Crippen LogP contribution >= 0.6 is 0 Å². The molecule has 0 atom stereocenters. The van der Waals surface area contributed by atoms with Gasteiger partial charge in [-0.1, -0.05) is 0 Å². The molecule has 0 saturated heterocycles. The van der Waals surface area contributed by atoms with Crippen LogP contribution in [0.2, 0.25) is 0 Å². The molecule has 9 heteroatoms. The van der Waals surface area contributed by atoms with Crippen LogP contribution < -0.4 is 5.32 Å². The Kier molecular flexibility index (Phi) is 5.42. The maximum absolute atomic E-state index is 11.7. The van der Waals surface area contributed by atoms with Crippen LogP contribution in [0.5, 0.6) is 0 Å². The van der Waals surface area contributed by atoms with E-state index < -0.39 is 43.5 Å². The second kappa shape index (κ2) is 6.06. The molecule has 0 aromatic carbocycles. The third-order valence-electron chi connectivity index (χ3n) is 1.60. The van der Waals surface area contributed by atoms with Crippen molar-refractivity contribution in [2.45, 2.75) is 12.6 Å². The second-order valence-corrected chi connectivity index (χ2v) is 3.21. The van der Waals surface area contributed by atoms with Gasteiger partial charge in [-0.25, -0.2) is 0 Å². The zero-order chi connectivity index (χ0) is 13.6. The molecule has 0 aromatic rings. The van der Waals surface area contributed by atoms with E-state index in [0.717, 1.165) is 11.9 Å². The first-order valence-corrected chi connectivity index (χ1v) is 4.41. The molecule has 0 aliphatic carbocycles. The summed E-state index contributed by atoms with van der Waals surface area (Å²) in [4.78, 5) is 33.0. The maximum Gasteiger partial charge on any atom is 0.405 e. The van der Waals surface area contributed by atoms with Crippen molar-refractivity contribution in [2.24, 2.45) is 0 Å².